The Morgan fingerprint density at radius 2 is 1.67 bits per heavy atom. The highest BCUT2D eigenvalue weighted by atomic mass is 35.5. The number of hydrogen-bond donors (Lipinski definition) is 1. The van der Waals surface area contributed by atoms with Crippen LogP contribution in [-0.2, 0) is 6.54 Å². The van der Waals surface area contributed by atoms with E-state index in [0.29, 0.717) is 12.1 Å². The third kappa shape index (κ3) is 4.28. The first-order valence-corrected chi connectivity index (χ1v) is 8.55. The van der Waals surface area contributed by atoms with Gasteiger partial charge < -0.3 is 10.0 Å². The van der Waals surface area contributed by atoms with E-state index < -0.39 is 0 Å². The fraction of sp³-hybridized carbons (Fsp3) is 0.316. The van der Waals surface area contributed by atoms with Crippen molar-refractivity contribution in [1.29, 1.82) is 0 Å². The third-order valence-corrected chi connectivity index (χ3v) is 4.56. The summed E-state index contributed by atoms with van der Waals surface area (Å²) in [6.45, 7) is 4.18. The van der Waals surface area contributed by atoms with Gasteiger partial charge in [0.1, 0.15) is 5.75 Å². The van der Waals surface area contributed by atoms with Gasteiger partial charge in [0.2, 0.25) is 0 Å². The summed E-state index contributed by atoms with van der Waals surface area (Å²) in [6, 6.07) is 14.4. The van der Waals surface area contributed by atoms with Gasteiger partial charge in [-0.1, -0.05) is 23.7 Å². The lowest BCUT2D eigenvalue weighted by molar-refractivity contribution is 0.0761. The van der Waals surface area contributed by atoms with Crippen LogP contribution in [0.25, 0.3) is 0 Å². The van der Waals surface area contributed by atoms with Crippen molar-refractivity contribution in [3.05, 3.63) is 64.7 Å². The average Bonchev–Trinajstić information content (AvgIpc) is 2.83. The van der Waals surface area contributed by atoms with Crippen molar-refractivity contribution in [2.75, 3.05) is 26.2 Å². The monoisotopic (exact) mass is 344 g/mol. The van der Waals surface area contributed by atoms with E-state index in [2.05, 4.69) is 4.90 Å². The van der Waals surface area contributed by atoms with E-state index in [9.17, 15) is 9.90 Å². The molecule has 0 atom stereocenters. The van der Waals surface area contributed by atoms with Gasteiger partial charge in [-0.15, -0.1) is 0 Å². The fourth-order valence-electron chi connectivity index (χ4n) is 2.97. The number of rotatable bonds is 3. The van der Waals surface area contributed by atoms with Gasteiger partial charge in [0.15, 0.2) is 0 Å². The van der Waals surface area contributed by atoms with Gasteiger partial charge >= 0.3 is 0 Å². The van der Waals surface area contributed by atoms with Crippen LogP contribution < -0.4 is 0 Å². The van der Waals surface area contributed by atoms with Gasteiger partial charge in [-0.3, -0.25) is 9.69 Å². The largest absolute Gasteiger partial charge is 0.508 e. The highest BCUT2D eigenvalue weighted by Gasteiger charge is 2.20. The number of phenolic OH excluding ortho intramolecular Hbond substituents is 1. The zero-order chi connectivity index (χ0) is 16.9. The van der Waals surface area contributed by atoms with Gasteiger partial charge in [-0.2, -0.15) is 0 Å². The Hall–Kier alpha value is -2.04. The third-order valence-electron chi connectivity index (χ3n) is 4.31. The Bertz CT molecular complexity index is 686. The number of carbonyl (C=O) groups is 1. The maximum absolute atomic E-state index is 12.6. The first kappa shape index (κ1) is 16.8. The Kier molecular flexibility index (Phi) is 5.38. The molecule has 2 aromatic rings. The van der Waals surface area contributed by atoms with Crippen molar-refractivity contribution in [2.24, 2.45) is 0 Å². The summed E-state index contributed by atoms with van der Waals surface area (Å²) in [5.74, 6) is 0.208. The number of aromatic hydroxyl groups is 1. The molecule has 24 heavy (non-hydrogen) atoms. The zero-order valence-electron chi connectivity index (χ0n) is 13.5. The molecule has 1 amide bonds. The summed E-state index contributed by atoms with van der Waals surface area (Å²) in [5, 5.41) is 10.1. The number of halogens is 1. The zero-order valence-corrected chi connectivity index (χ0v) is 14.2. The predicted octanol–water partition coefficient (Wildman–Crippen LogP) is 3.39. The highest BCUT2D eigenvalue weighted by molar-refractivity contribution is 6.30. The summed E-state index contributed by atoms with van der Waals surface area (Å²) >= 11 is 5.93. The molecule has 0 unspecified atom stereocenters. The van der Waals surface area contributed by atoms with Crippen LogP contribution in [0.2, 0.25) is 5.02 Å². The van der Waals surface area contributed by atoms with Crippen LogP contribution in [0.1, 0.15) is 22.3 Å². The number of amides is 1. The van der Waals surface area contributed by atoms with Crippen molar-refractivity contribution in [2.45, 2.75) is 13.0 Å². The van der Waals surface area contributed by atoms with Crippen molar-refractivity contribution in [3.8, 4) is 5.75 Å². The second kappa shape index (κ2) is 7.69. The number of benzene rings is 2. The lowest BCUT2D eigenvalue weighted by atomic mass is 10.2. The average molecular weight is 345 g/mol. The van der Waals surface area contributed by atoms with Crippen LogP contribution in [0, 0.1) is 0 Å². The van der Waals surface area contributed by atoms with Gasteiger partial charge in [0.05, 0.1) is 0 Å². The van der Waals surface area contributed by atoms with Gasteiger partial charge in [0.25, 0.3) is 5.91 Å². The second-order valence-electron chi connectivity index (χ2n) is 6.10. The number of phenols is 1. The molecule has 1 fully saturated rings. The van der Waals surface area contributed by atoms with Crippen LogP contribution >= 0.6 is 11.6 Å². The molecule has 5 heteroatoms. The lowest BCUT2D eigenvalue weighted by Gasteiger charge is -2.22. The van der Waals surface area contributed by atoms with Crippen molar-refractivity contribution < 1.29 is 9.90 Å². The molecule has 0 saturated carbocycles. The molecule has 1 N–H and O–H groups in total. The Labute approximate surface area is 147 Å². The molecule has 0 aromatic heterocycles. The highest BCUT2D eigenvalue weighted by Crippen LogP contribution is 2.15. The van der Waals surface area contributed by atoms with Crippen molar-refractivity contribution in [1.82, 2.24) is 9.80 Å². The molecule has 0 bridgehead atoms. The molecule has 2 aromatic carbocycles. The van der Waals surface area contributed by atoms with Gasteiger partial charge in [-0.25, -0.2) is 0 Å². The molecular formula is C19H21ClN2O2. The number of nitrogens with zero attached hydrogens (tertiary/aromatic N) is 2. The number of carbonyl (C=O) groups excluding carboxylic acids is 1. The minimum atomic E-state index is 0.0309. The summed E-state index contributed by atoms with van der Waals surface area (Å²) in [5.41, 5.74) is 1.86. The Morgan fingerprint density at radius 1 is 0.958 bits per heavy atom. The maximum Gasteiger partial charge on any atom is 0.253 e. The Balaban J connectivity index is 1.59. The Morgan fingerprint density at radius 3 is 2.38 bits per heavy atom. The molecule has 1 aliphatic rings. The quantitative estimate of drug-likeness (QED) is 0.928. The second-order valence-corrected chi connectivity index (χ2v) is 6.53. The lowest BCUT2D eigenvalue weighted by Crippen LogP contribution is -2.35. The van der Waals surface area contributed by atoms with E-state index >= 15 is 0 Å². The molecular weight excluding hydrogens is 324 g/mol. The van der Waals surface area contributed by atoms with Crippen LogP contribution in [0.5, 0.6) is 5.75 Å². The fourth-order valence-corrected chi connectivity index (χ4v) is 3.09. The summed E-state index contributed by atoms with van der Waals surface area (Å²) in [6.07, 6.45) is 0.956. The minimum Gasteiger partial charge on any atom is -0.508 e. The molecule has 1 saturated heterocycles. The molecule has 1 aliphatic heterocycles. The van der Waals surface area contributed by atoms with E-state index in [4.69, 9.17) is 11.6 Å². The van der Waals surface area contributed by atoms with Gasteiger partial charge in [-0.05, 0) is 48.4 Å². The maximum atomic E-state index is 12.6. The minimum absolute atomic E-state index is 0.0309. The van der Waals surface area contributed by atoms with Crippen LogP contribution in [-0.4, -0.2) is 47.0 Å². The van der Waals surface area contributed by atoms with Gasteiger partial charge in [0, 0.05) is 43.3 Å². The number of hydrogen-bond acceptors (Lipinski definition) is 3. The standard InChI is InChI=1S/C19H21ClN2O2/c20-17-6-2-15(3-7-17)14-21-10-1-11-22(13-12-21)19(24)16-4-8-18(23)9-5-16/h2-9,23H,1,10-14H2. The molecule has 1 heterocycles. The van der Waals surface area contributed by atoms with Crippen LogP contribution in [0.15, 0.2) is 48.5 Å². The summed E-state index contributed by atoms with van der Waals surface area (Å²) in [4.78, 5) is 16.8. The van der Waals surface area contributed by atoms with E-state index in [-0.39, 0.29) is 11.7 Å². The van der Waals surface area contributed by atoms with Crippen molar-refractivity contribution >= 4 is 17.5 Å². The van der Waals surface area contributed by atoms with E-state index in [1.165, 1.54) is 5.56 Å². The summed E-state index contributed by atoms with van der Waals surface area (Å²) < 4.78 is 0. The first-order chi connectivity index (χ1) is 11.6. The molecule has 0 spiro atoms. The molecule has 0 radical (unpaired) electrons. The topological polar surface area (TPSA) is 43.8 Å². The molecule has 4 nitrogen and oxygen atoms in total. The van der Waals surface area contributed by atoms with E-state index in [0.717, 1.165) is 37.6 Å². The normalized spacial score (nSPS) is 16.0. The van der Waals surface area contributed by atoms with Crippen LogP contribution in [0.3, 0.4) is 0 Å². The van der Waals surface area contributed by atoms with Crippen molar-refractivity contribution in [3.63, 3.8) is 0 Å². The van der Waals surface area contributed by atoms with E-state index in [1.807, 2.05) is 29.2 Å². The first-order valence-electron chi connectivity index (χ1n) is 8.17. The van der Waals surface area contributed by atoms with Crippen LogP contribution in [0.4, 0.5) is 0 Å². The summed E-state index contributed by atoms with van der Waals surface area (Å²) in [7, 11) is 0. The molecule has 126 valence electrons. The van der Waals surface area contributed by atoms with E-state index in [1.54, 1.807) is 24.3 Å². The predicted molar refractivity (Wildman–Crippen MR) is 95.4 cm³/mol. The smallest absolute Gasteiger partial charge is 0.253 e. The SMILES string of the molecule is O=C(c1ccc(O)cc1)N1CCCN(Cc2ccc(Cl)cc2)CC1. The molecule has 3 rings (SSSR count). The molecule has 0 aliphatic carbocycles.